The summed E-state index contributed by atoms with van der Waals surface area (Å²) in [6.07, 6.45) is 1.54. The number of pyridine rings is 1. The first kappa shape index (κ1) is 28.6. The number of rotatable bonds is 8. The monoisotopic (exact) mass is 649 g/mol. The van der Waals surface area contributed by atoms with Crippen LogP contribution in [-0.2, 0) is 23.0 Å². The summed E-state index contributed by atoms with van der Waals surface area (Å²) in [6.45, 7) is 2.41. The van der Waals surface area contributed by atoms with E-state index in [1.807, 2.05) is 23.6 Å². The van der Waals surface area contributed by atoms with Crippen molar-refractivity contribution in [2.24, 2.45) is 0 Å². The largest absolute Gasteiger partial charge is 0.516 e. The molecule has 41 heavy (non-hydrogen) atoms. The number of nitrogens with one attached hydrogen (secondary N) is 2. The molecule has 1 amide bonds. The topological polar surface area (TPSA) is 119 Å². The molecular formula is C27H23BrF3N5O4S. The van der Waals surface area contributed by atoms with Crippen LogP contribution in [0.1, 0.15) is 35.2 Å². The molecule has 3 heterocycles. The summed E-state index contributed by atoms with van der Waals surface area (Å²) < 4.78 is 72.7. The van der Waals surface area contributed by atoms with Crippen molar-refractivity contribution in [2.75, 3.05) is 11.8 Å². The number of aromatic nitrogens is 3. The molecule has 0 saturated heterocycles. The molecule has 0 spiro atoms. The molecule has 0 saturated carbocycles. The summed E-state index contributed by atoms with van der Waals surface area (Å²) in [5, 5.41) is 3.20. The second-order valence-electron chi connectivity index (χ2n) is 9.16. The number of amides is 1. The lowest BCUT2D eigenvalue weighted by molar-refractivity contribution is -0.0429. The van der Waals surface area contributed by atoms with Gasteiger partial charge in [-0.25, -0.2) is 9.97 Å². The molecular weight excluding hydrogens is 627 g/mol. The van der Waals surface area contributed by atoms with Gasteiger partial charge in [0.15, 0.2) is 11.4 Å². The maximum Gasteiger partial charge on any atom is 0.516 e. The van der Waals surface area contributed by atoms with Crippen LogP contribution in [-0.4, -0.2) is 41.4 Å². The van der Waals surface area contributed by atoms with Crippen molar-refractivity contribution in [3.63, 3.8) is 0 Å². The molecule has 5 aromatic rings. The van der Waals surface area contributed by atoms with Crippen molar-refractivity contribution < 1.29 is 30.8 Å². The second-order valence-corrected chi connectivity index (χ2v) is 11.6. The average Bonchev–Trinajstić information content (AvgIpc) is 3.44. The van der Waals surface area contributed by atoms with Crippen LogP contribution >= 0.6 is 15.9 Å². The Balaban J connectivity index is 1.56. The Hall–Kier alpha value is -3.91. The first-order chi connectivity index (χ1) is 19.4. The minimum Gasteiger partial charge on any atom is -0.455 e. The highest BCUT2D eigenvalue weighted by atomic mass is 79.9. The Morgan fingerprint density at radius 2 is 1.85 bits per heavy atom. The van der Waals surface area contributed by atoms with Crippen LogP contribution in [0.4, 0.5) is 18.9 Å². The number of carbonyl (C=O) groups excluding carboxylic acids is 1. The Morgan fingerprint density at radius 1 is 1.10 bits per heavy atom. The normalized spacial score (nSPS) is 12.2. The number of hydrogen-bond acceptors (Lipinski definition) is 6. The van der Waals surface area contributed by atoms with Crippen molar-refractivity contribution in [2.45, 2.75) is 31.8 Å². The molecule has 0 aliphatic rings. The number of nitrogens with zero attached hydrogens (tertiary/aromatic N) is 3. The number of sulfonamides is 1. The van der Waals surface area contributed by atoms with Crippen molar-refractivity contribution >= 4 is 59.7 Å². The number of furan rings is 1. The van der Waals surface area contributed by atoms with E-state index in [4.69, 9.17) is 9.40 Å². The molecule has 0 aliphatic heterocycles. The minimum absolute atomic E-state index is 0.127. The van der Waals surface area contributed by atoms with Gasteiger partial charge in [0.2, 0.25) is 0 Å². The third kappa shape index (κ3) is 5.40. The van der Waals surface area contributed by atoms with Gasteiger partial charge in [-0.1, -0.05) is 25.1 Å². The van der Waals surface area contributed by atoms with E-state index < -0.39 is 15.5 Å². The van der Waals surface area contributed by atoms with E-state index in [0.717, 1.165) is 17.8 Å². The Labute approximate surface area is 241 Å². The summed E-state index contributed by atoms with van der Waals surface area (Å²) >= 11 is 3.50. The number of alkyl halides is 3. The molecule has 214 valence electrons. The number of imidazole rings is 1. The van der Waals surface area contributed by atoms with E-state index in [2.05, 4.69) is 26.2 Å². The summed E-state index contributed by atoms with van der Waals surface area (Å²) in [5.74, 6) is 0.655. The summed E-state index contributed by atoms with van der Waals surface area (Å²) in [6, 6.07) is 14.5. The zero-order chi connectivity index (χ0) is 29.5. The number of anilines is 1. The minimum atomic E-state index is -5.64. The van der Waals surface area contributed by atoms with Crippen LogP contribution in [0.25, 0.3) is 33.5 Å². The number of aryl methyl sites for hydroxylation is 1. The molecule has 0 bridgehead atoms. The molecule has 2 N–H and O–H groups in total. The number of para-hydroxylation sites is 1. The zero-order valence-electron chi connectivity index (χ0n) is 21.7. The molecule has 0 unspecified atom stereocenters. The van der Waals surface area contributed by atoms with E-state index in [1.165, 1.54) is 25.2 Å². The number of halogens is 4. The molecule has 2 aromatic carbocycles. The van der Waals surface area contributed by atoms with Crippen LogP contribution in [0.5, 0.6) is 0 Å². The quantitative estimate of drug-likeness (QED) is 0.206. The zero-order valence-corrected chi connectivity index (χ0v) is 24.1. The van der Waals surface area contributed by atoms with Gasteiger partial charge in [0.25, 0.3) is 5.91 Å². The molecule has 9 nitrogen and oxygen atoms in total. The molecule has 0 radical (unpaired) electrons. The van der Waals surface area contributed by atoms with Gasteiger partial charge in [-0.2, -0.15) is 21.6 Å². The van der Waals surface area contributed by atoms with E-state index in [1.54, 1.807) is 29.0 Å². The van der Waals surface area contributed by atoms with Crippen LogP contribution < -0.4 is 10.0 Å². The fourth-order valence-electron chi connectivity index (χ4n) is 4.43. The Bertz CT molecular complexity index is 1900. The Morgan fingerprint density at radius 3 is 2.56 bits per heavy atom. The predicted octanol–water partition coefficient (Wildman–Crippen LogP) is 6.23. The highest BCUT2D eigenvalue weighted by Crippen LogP contribution is 2.42. The lowest BCUT2D eigenvalue weighted by atomic mass is 10.1. The number of fused-ring (bicyclic) bond motifs is 2. The van der Waals surface area contributed by atoms with Gasteiger partial charge in [0, 0.05) is 24.4 Å². The number of benzene rings is 2. The van der Waals surface area contributed by atoms with Crippen LogP contribution in [0.15, 0.2) is 63.5 Å². The van der Waals surface area contributed by atoms with Crippen molar-refractivity contribution in [1.29, 1.82) is 0 Å². The first-order valence-corrected chi connectivity index (χ1v) is 14.7. The van der Waals surface area contributed by atoms with E-state index in [-0.39, 0.29) is 28.6 Å². The number of carbonyl (C=O) groups is 1. The summed E-state index contributed by atoms with van der Waals surface area (Å²) in [5.41, 5.74) is -2.86. The van der Waals surface area contributed by atoms with Crippen LogP contribution in [0.2, 0.25) is 0 Å². The van der Waals surface area contributed by atoms with E-state index in [0.29, 0.717) is 39.6 Å². The lowest BCUT2D eigenvalue weighted by Gasteiger charge is -2.13. The predicted molar refractivity (Wildman–Crippen MR) is 152 cm³/mol. The molecule has 0 fully saturated rings. The SMILES string of the molecule is CCCc1nc2ccc(C(=O)NC)nc2n1Cc1ccc2oc(-c3ccccc3NS(=O)(=O)C(F)(F)F)c(Br)c2c1. The summed E-state index contributed by atoms with van der Waals surface area (Å²) in [4.78, 5) is 21.5. The molecule has 14 heteroatoms. The molecule has 0 atom stereocenters. The smallest absolute Gasteiger partial charge is 0.455 e. The van der Waals surface area contributed by atoms with E-state index in [9.17, 15) is 26.4 Å². The van der Waals surface area contributed by atoms with Gasteiger partial charge in [0.1, 0.15) is 22.6 Å². The van der Waals surface area contributed by atoms with Gasteiger partial charge < -0.3 is 14.3 Å². The fourth-order valence-corrected chi connectivity index (χ4v) is 5.61. The van der Waals surface area contributed by atoms with Crippen molar-refractivity contribution in [3.05, 3.63) is 76.2 Å². The van der Waals surface area contributed by atoms with Gasteiger partial charge >= 0.3 is 15.5 Å². The Kier molecular flexibility index (Phi) is 7.55. The van der Waals surface area contributed by atoms with Crippen molar-refractivity contribution in [3.8, 4) is 11.3 Å². The van der Waals surface area contributed by atoms with Gasteiger partial charge in [-0.3, -0.25) is 9.52 Å². The first-order valence-electron chi connectivity index (χ1n) is 12.4. The average molecular weight is 650 g/mol. The standard InChI is InChI=1S/C27H23BrF3N5O4S/c1-3-6-22-33-19-10-11-20(26(37)32-2)34-25(19)36(22)14-15-9-12-21-17(13-15)23(28)24(40-21)16-7-4-5-8-18(16)35-41(38,39)27(29,30)31/h4-5,7-13,35H,3,6,14H2,1-2H3,(H,32,37). The molecule has 3 aromatic heterocycles. The van der Waals surface area contributed by atoms with Gasteiger partial charge in [-0.15, -0.1) is 0 Å². The maximum atomic E-state index is 13.0. The van der Waals surface area contributed by atoms with E-state index >= 15 is 0 Å². The van der Waals surface area contributed by atoms with Crippen molar-refractivity contribution in [1.82, 2.24) is 19.9 Å². The second kappa shape index (κ2) is 10.8. The third-order valence-electron chi connectivity index (χ3n) is 6.36. The summed E-state index contributed by atoms with van der Waals surface area (Å²) in [7, 11) is -4.11. The number of hydrogen-bond donors (Lipinski definition) is 2. The highest BCUT2D eigenvalue weighted by molar-refractivity contribution is 9.10. The van der Waals surface area contributed by atoms with Crippen LogP contribution in [0.3, 0.4) is 0 Å². The maximum absolute atomic E-state index is 13.0. The van der Waals surface area contributed by atoms with Gasteiger partial charge in [-0.05, 0) is 64.3 Å². The lowest BCUT2D eigenvalue weighted by Crippen LogP contribution is -2.30. The third-order valence-corrected chi connectivity index (χ3v) is 8.24. The molecule has 0 aliphatic carbocycles. The fraction of sp³-hybridized carbons (Fsp3) is 0.222. The highest BCUT2D eigenvalue weighted by Gasteiger charge is 2.46. The molecule has 5 rings (SSSR count). The van der Waals surface area contributed by atoms with Gasteiger partial charge in [0.05, 0.1) is 16.7 Å². The van der Waals surface area contributed by atoms with Crippen LogP contribution in [0, 0.1) is 0 Å².